The molecule has 3 saturated carbocycles. The SMILES string of the molecule is CC12CCSSCC34NC(N)=NCC3C(c3ccccc3)CCC4CCC3=C4CC1CC(CO)C(CCCO)C42CC3=O. The third-order valence-corrected chi connectivity index (χ3v) is 15.8. The maximum atomic E-state index is 14.2. The van der Waals surface area contributed by atoms with Crippen LogP contribution in [0.15, 0.2) is 46.5 Å². The van der Waals surface area contributed by atoms with Crippen molar-refractivity contribution in [3.8, 4) is 0 Å². The first-order valence-electron chi connectivity index (χ1n) is 16.7. The quantitative estimate of drug-likeness (QED) is 0.312. The molecule has 234 valence electrons. The summed E-state index contributed by atoms with van der Waals surface area (Å²) in [5.74, 6) is 5.22. The largest absolute Gasteiger partial charge is 0.396 e. The van der Waals surface area contributed by atoms with Gasteiger partial charge in [0, 0.05) is 49.0 Å². The Balaban J connectivity index is 1.28. The monoisotopic (exact) mass is 623 g/mol. The highest BCUT2D eigenvalue weighted by Crippen LogP contribution is 2.75. The molecule has 0 aromatic heterocycles. The molecule has 6 aliphatic rings. The van der Waals surface area contributed by atoms with E-state index in [4.69, 9.17) is 10.7 Å². The number of carbonyl (C=O) groups excluding carboxylic acids is 1. The zero-order valence-corrected chi connectivity index (χ0v) is 27.2. The lowest BCUT2D eigenvalue weighted by atomic mass is 9.47. The molecule has 2 spiro atoms. The van der Waals surface area contributed by atoms with Crippen LogP contribution in [0.25, 0.3) is 0 Å². The van der Waals surface area contributed by atoms with E-state index in [0.717, 1.165) is 81.4 Å². The lowest BCUT2D eigenvalue weighted by Crippen LogP contribution is -2.68. The van der Waals surface area contributed by atoms with Crippen molar-refractivity contribution in [2.75, 3.05) is 31.3 Å². The van der Waals surface area contributed by atoms with Crippen molar-refractivity contribution >= 4 is 33.3 Å². The zero-order chi connectivity index (χ0) is 29.8. The first-order valence-corrected chi connectivity index (χ1v) is 19.2. The van der Waals surface area contributed by atoms with E-state index in [1.54, 1.807) is 0 Å². The predicted molar refractivity (Wildman–Crippen MR) is 177 cm³/mol. The fourth-order valence-corrected chi connectivity index (χ4v) is 14.2. The minimum atomic E-state index is -0.157. The molecule has 6 nitrogen and oxygen atoms in total. The van der Waals surface area contributed by atoms with Gasteiger partial charge in [0.05, 0.1) is 5.54 Å². The van der Waals surface area contributed by atoms with Gasteiger partial charge in [0.25, 0.3) is 0 Å². The summed E-state index contributed by atoms with van der Waals surface area (Å²) in [6, 6.07) is 11.0. The molecule has 43 heavy (non-hydrogen) atoms. The summed E-state index contributed by atoms with van der Waals surface area (Å²) < 4.78 is 0. The number of Topliss-reactive ketones (excluding diaryl/α,β-unsaturated/α-hetero) is 1. The highest BCUT2D eigenvalue weighted by Gasteiger charge is 2.69. The topological polar surface area (TPSA) is 108 Å². The minimum Gasteiger partial charge on any atom is -0.396 e. The number of allylic oxidation sites excluding steroid dienone is 2. The maximum Gasteiger partial charge on any atom is 0.189 e. The summed E-state index contributed by atoms with van der Waals surface area (Å²) in [5.41, 5.74) is 10.2. The van der Waals surface area contributed by atoms with Crippen LogP contribution in [0.4, 0.5) is 0 Å². The van der Waals surface area contributed by atoms with Gasteiger partial charge in [0.15, 0.2) is 11.7 Å². The molecule has 1 aromatic rings. The predicted octanol–water partition coefficient (Wildman–Crippen LogP) is 5.70. The average molecular weight is 624 g/mol. The first-order chi connectivity index (χ1) is 20.9. The normalized spacial score (nSPS) is 42.6. The second-order valence-electron chi connectivity index (χ2n) is 14.7. The van der Waals surface area contributed by atoms with Gasteiger partial charge < -0.3 is 21.3 Å². The number of hydrogen-bond donors (Lipinski definition) is 4. The molecule has 1 aromatic carbocycles. The van der Waals surface area contributed by atoms with E-state index >= 15 is 0 Å². The first kappa shape index (κ1) is 30.2. The fourth-order valence-electron chi connectivity index (χ4n) is 11.4. The van der Waals surface area contributed by atoms with Gasteiger partial charge in [-0.25, -0.2) is 0 Å². The number of aliphatic imine (C=N–C) groups is 1. The molecule has 2 aliphatic heterocycles. The lowest BCUT2D eigenvalue weighted by Gasteiger charge is -2.57. The number of nitrogens with one attached hydrogen (secondary N) is 1. The Hall–Kier alpha value is -1.48. The summed E-state index contributed by atoms with van der Waals surface area (Å²) in [6.45, 7) is 3.61. The van der Waals surface area contributed by atoms with Crippen LogP contribution < -0.4 is 11.1 Å². The lowest BCUT2D eigenvalue weighted by molar-refractivity contribution is -0.125. The van der Waals surface area contributed by atoms with E-state index in [2.05, 4.69) is 42.6 Å². The standard InChI is InChI=1S/C35H49N3O3S2/c1-33-13-15-42-43-21-35-24(9-11-26(22-6-3-2-4-7-22)30(35)19-37-32(36)38-35)10-12-27-29-17-25(33)16-23(20-40)28(8-5-14-39)34(29,33)18-31(27)41/h2-4,6-7,23-26,28,30,39-40H,5,8-21H2,1H3,(H3,36,37,38). The molecule has 0 amide bonds. The number of hydrogen-bond acceptors (Lipinski definition) is 8. The molecular formula is C35H49N3O3S2. The summed E-state index contributed by atoms with van der Waals surface area (Å²) in [5, 5.41) is 24.2. The van der Waals surface area contributed by atoms with Gasteiger partial charge in [-0.1, -0.05) is 64.4 Å². The Morgan fingerprint density at radius 3 is 2.74 bits per heavy atom. The van der Waals surface area contributed by atoms with Crippen molar-refractivity contribution in [2.45, 2.75) is 82.6 Å². The second-order valence-corrected chi connectivity index (χ2v) is 17.2. The van der Waals surface area contributed by atoms with Crippen molar-refractivity contribution in [3.63, 3.8) is 0 Å². The van der Waals surface area contributed by atoms with Crippen LogP contribution in [0.1, 0.15) is 82.6 Å². The number of aliphatic hydroxyl groups is 2. The fraction of sp³-hybridized carbons (Fsp3) is 0.714. The molecule has 0 radical (unpaired) electrons. The van der Waals surface area contributed by atoms with Gasteiger partial charge in [0.1, 0.15) is 0 Å². The molecule has 8 heteroatoms. The van der Waals surface area contributed by atoms with Gasteiger partial charge in [-0.3, -0.25) is 9.79 Å². The van der Waals surface area contributed by atoms with Crippen molar-refractivity contribution in [1.82, 2.24) is 5.32 Å². The van der Waals surface area contributed by atoms with Gasteiger partial charge in [-0.15, -0.1) is 0 Å². The Bertz CT molecular complexity index is 1290. The summed E-state index contributed by atoms with van der Waals surface area (Å²) in [6.07, 6.45) is 9.52. The Morgan fingerprint density at radius 1 is 1.12 bits per heavy atom. The zero-order valence-electron chi connectivity index (χ0n) is 25.6. The van der Waals surface area contributed by atoms with Gasteiger partial charge in [0.2, 0.25) is 0 Å². The molecule has 9 atom stereocenters. The molecule has 9 unspecified atom stereocenters. The van der Waals surface area contributed by atoms with Gasteiger partial charge >= 0.3 is 0 Å². The van der Waals surface area contributed by atoms with Crippen LogP contribution in [0, 0.1) is 40.4 Å². The van der Waals surface area contributed by atoms with E-state index in [-0.39, 0.29) is 41.4 Å². The van der Waals surface area contributed by atoms with Crippen LogP contribution in [-0.2, 0) is 4.79 Å². The van der Waals surface area contributed by atoms with Crippen LogP contribution in [0.2, 0.25) is 0 Å². The number of aliphatic hydroxyl groups excluding tert-OH is 2. The van der Waals surface area contributed by atoms with Crippen molar-refractivity contribution < 1.29 is 15.0 Å². The van der Waals surface area contributed by atoms with Gasteiger partial charge in [-0.05, 0) is 104 Å². The maximum absolute atomic E-state index is 14.2. The van der Waals surface area contributed by atoms with E-state index in [0.29, 0.717) is 41.8 Å². The third-order valence-electron chi connectivity index (χ3n) is 13.3. The molecule has 4 aliphatic carbocycles. The smallest absolute Gasteiger partial charge is 0.189 e. The number of nitrogens with two attached hydrogens (primary N) is 1. The Labute approximate surface area is 264 Å². The van der Waals surface area contributed by atoms with Crippen LogP contribution >= 0.6 is 21.6 Å². The van der Waals surface area contributed by atoms with Crippen molar-refractivity contribution in [2.24, 2.45) is 51.1 Å². The second kappa shape index (κ2) is 11.7. The van der Waals surface area contributed by atoms with Crippen LogP contribution in [0.3, 0.4) is 0 Å². The molecule has 5 N–H and O–H groups in total. The molecule has 5 bridgehead atoms. The van der Waals surface area contributed by atoms with Crippen LogP contribution in [0.5, 0.6) is 0 Å². The Morgan fingerprint density at radius 2 is 1.95 bits per heavy atom. The highest BCUT2D eigenvalue weighted by molar-refractivity contribution is 8.76. The number of rotatable bonds is 5. The number of benzene rings is 1. The molecular weight excluding hydrogens is 575 g/mol. The van der Waals surface area contributed by atoms with Gasteiger partial charge in [-0.2, -0.15) is 0 Å². The summed E-state index contributed by atoms with van der Waals surface area (Å²) in [7, 11) is 4.03. The summed E-state index contributed by atoms with van der Waals surface area (Å²) >= 11 is 0. The highest BCUT2D eigenvalue weighted by atomic mass is 33.1. The number of ketones is 1. The Kier molecular flexibility index (Phi) is 8.22. The van der Waals surface area contributed by atoms with E-state index in [1.807, 2.05) is 21.6 Å². The van der Waals surface area contributed by atoms with Crippen molar-refractivity contribution in [1.29, 1.82) is 0 Å². The van der Waals surface area contributed by atoms with Crippen molar-refractivity contribution in [3.05, 3.63) is 47.0 Å². The number of guanidine groups is 1. The molecule has 7 rings (SSSR count). The number of nitrogens with zero attached hydrogens (tertiary/aromatic N) is 1. The minimum absolute atomic E-state index is 0.0549. The van der Waals surface area contributed by atoms with Crippen LogP contribution in [-0.4, -0.2) is 58.8 Å². The number of carbonyl (C=O) groups is 1. The third kappa shape index (κ3) is 4.58. The average Bonchev–Trinajstić information content (AvgIpc) is 3.35. The van der Waals surface area contributed by atoms with E-state index in [9.17, 15) is 15.0 Å². The molecule has 3 fully saturated rings. The summed E-state index contributed by atoms with van der Waals surface area (Å²) in [4.78, 5) is 18.9. The van der Waals surface area contributed by atoms with E-state index in [1.165, 1.54) is 11.1 Å². The molecule has 2 heterocycles. The van der Waals surface area contributed by atoms with E-state index < -0.39 is 0 Å². The molecule has 0 saturated heterocycles.